The van der Waals surface area contributed by atoms with Crippen LogP contribution in [0.15, 0.2) is 23.0 Å². The van der Waals surface area contributed by atoms with E-state index < -0.39 is 0 Å². The van der Waals surface area contributed by atoms with Gasteiger partial charge in [0.15, 0.2) is 11.5 Å². The Bertz CT molecular complexity index is 892. The second kappa shape index (κ2) is 5.59. The molecule has 0 aliphatic carbocycles. The molecule has 2 aromatic rings. The van der Waals surface area contributed by atoms with Crippen molar-refractivity contribution in [3.8, 4) is 11.5 Å². The summed E-state index contributed by atoms with van der Waals surface area (Å²) in [4.78, 5) is 22.4. The van der Waals surface area contributed by atoms with Crippen LogP contribution in [0.3, 0.4) is 0 Å². The number of H-pyrrole nitrogens is 1. The first-order chi connectivity index (χ1) is 12.2. The fourth-order valence-electron chi connectivity index (χ4n) is 4.47. The van der Waals surface area contributed by atoms with E-state index in [1.165, 1.54) is 12.0 Å². The summed E-state index contributed by atoms with van der Waals surface area (Å²) in [6.07, 6.45) is 3.96. The number of aromatic nitrogens is 2. The van der Waals surface area contributed by atoms with Gasteiger partial charge in [-0.25, -0.2) is 4.98 Å². The molecule has 2 bridgehead atoms. The van der Waals surface area contributed by atoms with Crippen LogP contribution in [0, 0.1) is 6.92 Å². The standard InChI is InChI=1S/C19H21N3O3/c1-11-20-16-8-14-4-3-13(7-15(16)19(23)21-11)22(14)9-12-2-5-17-18(6-12)25-10-24-17/h2,5-6,13-14H,3-4,7-10H2,1H3,(H,20,21,23). The molecule has 3 aliphatic rings. The number of nitrogens with one attached hydrogen (secondary N) is 1. The minimum atomic E-state index is 0.0399. The average molecular weight is 339 g/mol. The summed E-state index contributed by atoms with van der Waals surface area (Å²) in [6.45, 7) is 3.03. The fraction of sp³-hybridized carbons (Fsp3) is 0.474. The Morgan fingerprint density at radius 1 is 1.20 bits per heavy atom. The fourth-order valence-corrected chi connectivity index (χ4v) is 4.47. The number of nitrogens with zero attached hydrogens (tertiary/aromatic N) is 2. The van der Waals surface area contributed by atoms with Gasteiger partial charge in [0.25, 0.3) is 5.56 Å². The molecule has 2 unspecified atom stereocenters. The molecule has 2 atom stereocenters. The molecule has 25 heavy (non-hydrogen) atoms. The molecule has 1 fully saturated rings. The van der Waals surface area contributed by atoms with Crippen LogP contribution in [0.2, 0.25) is 0 Å². The monoisotopic (exact) mass is 339 g/mol. The number of hydrogen-bond acceptors (Lipinski definition) is 5. The van der Waals surface area contributed by atoms with Crippen molar-refractivity contribution in [3.63, 3.8) is 0 Å². The van der Waals surface area contributed by atoms with Crippen molar-refractivity contribution in [1.29, 1.82) is 0 Å². The third kappa shape index (κ3) is 2.52. The van der Waals surface area contributed by atoms with Gasteiger partial charge in [0.2, 0.25) is 6.79 Å². The Hall–Kier alpha value is -2.34. The second-order valence-electron chi connectivity index (χ2n) is 7.23. The molecular weight excluding hydrogens is 318 g/mol. The second-order valence-corrected chi connectivity index (χ2v) is 7.23. The summed E-state index contributed by atoms with van der Waals surface area (Å²) in [7, 11) is 0. The van der Waals surface area contributed by atoms with Crippen LogP contribution in [0.5, 0.6) is 11.5 Å². The van der Waals surface area contributed by atoms with Crippen LogP contribution < -0.4 is 15.0 Å². The number of fused-ring (bicyclic) bond motifs is 4. The molecule has 1 aromatic heterocycles. The Morgan fingerprint density at radius 2 is 2.00 bits per heavy atom. The molecule has 130 valence electrons. The third-order valence-electron chi connectivity index (χ3n) is 5.66. The lowest BCUT2D eigenvalue weighted by Crippen LogP contribution is -2.36. The van der Waals surface area contributed by atoms with Crippen LogP contribution in [0.25, 0.3) is 0 Å². The lowest BCUT2D eigenvalue weighted by atomic mass is 9.98. The predicted octanol–water partition coefficient (Wildman–Crippen LogP) is 1.94. The molecule has 0 amide bonds. The highest BCUT2D eigenvalue weighted by molar-refractivity contribution is 5.44. The maximum absolute atomic E-state index is 12.4. The molecule has 4 heterocycles. The molecule has 3 aliphatic heterocycles. The number of hydrogen-bond donors (Lipinski definition) is 1. The Morgan fingerprint density at radius 3 is 2.88 bits per heavy atom. The smallest absolute Gasteiger partial charge is 0.254 e. The largest absolute Gasteiger partial charge is 0.454 e. The summed E-state index contributed by atoms with van der Waals surface area (Å²) in [5, 5.41) is 0. The highest BCUT2D eigenvalue weighted by Gasteiger charge is 2.38. The Kier molecular flexibility index (Phi) is 3.35. The van der Waals surface area contributed by atoms with Crippen molar-refractivity contribution >= 4 is 0 Å². The maximum atomic E-state index is 12.4. The maximum Gasteiger partial charge on any atom is 0.254 e. The first-order valence-electron chi connectivity index (χ1n) is 8.90. The van der Waals surface area contributed by atoms with E-state index in [2.05, 4.69) is 27.0 Å². The number of benzene rings is 1. The van der Waals surface area contributed by atoms with Crippen LogP contribution in [-0.4, -0.2) is 33.7 Å². The van der Waals surface area contributed by atoms with E-state index in [0.717, 1.165) is 48.6 Å². The van der Waals surface area contributed by atoms with Gasteiger partial charge in [-0.3, -0.25) is 9.69 Å². The molecule has 1 N–H and O–H groups in total. The molecular formula is C19H21N3O3. The van der Waals surface area contributed by atoms with Crippen LogP contribution in [0.4, 0.5) is 0 Å². The van der Waals surface area contributed by atoms with E-state index in [1.54, 1.807) is 0 Å². The number of aryl methyl sites for hydroxylation is 1. The zero-order valence-electron chi connectivity index (χ0n) is 14.2. The Balaban J connectivity index is 1.44. The van der Waals surface area contributed by atoms with Crippen LogP contribution >= 0.6 is 0 Å². The van der Waals surface area contributed by atoms with Crippen LogP contribution in [0.1, 0.15) is 35.5 Å². The van der Waals surface area contributed by atoms with E-state index in [1.807, 2.05) is 13.0 Å². The minimum Gasteiger partial charge on any atom is -0.454 e. The van der Waals surface area contributed by atoms with E-state index in [-0.39, 0.29) is 5.56 Å². The summed E-state index contributed by atoms with van der Waals surface area (Å²) >= 11 is 0. The van der Waals surface area contributed by atoms with Gasteiger partial charge in [0.1, 0.15) is 5.82 Å². The molecule has 1 aromatic carbocycles. The van der Waals surface area contributed by atoms with Gasteiger partial charge < -0.3 is 14.5 Å². The van der Waals surface area contributed by atoms with Crippen molar-refractivity contribution in [1.82, 2.24) is 14.9 Å². The van der Waals surface area contributed by atoms with Gasteiger partial charge >= 0.3 is 0 Å². The normalized spacial score (nSPS) is 24.2. The van der Waals surface area contributed by atoms with Gasteiger partial charge in [-0.2, -0.15) is 0 Å². The van der Waals surface area contributed by atoms with Crippen molar-refractivity contribution in [3.05, 3.63) is 51.2 Å². The van der Waals surface area contributed by atoms with Gasteiger partial charge in [0, 0.05) is 30.6 Å². The van der Waals surface area contributed by atoms with Crippen LogP contribution in [-0.2, 0) is 19.4 Å². The molecule has 0 saturated carbocycles. The lowest BCUT2D eigenvalue weighted by Gasteiger charge is -2.27. The van der Waals surface area contributed by atoms with Gasteiger partial charge in [-0.05, 0) is 43.9 Å². The van der Waals surface area contributed by atoms with Gasteiger partial charge in [-0.15, -0.1) is 0 Å². The first-order valence-corrected chi connectivity index (χ1v) is 8.90. The van der Waals surface area contributed by atoms with E-state index in [4.69, 9.17) is 9.47 Å². The predicted molar refractivity (Wildman–Crippen MR) is 91.9 cm³/mol. The van der Waals surface area contributed by atoms with E-state index in [0.29, 0.717) is 24.7 Å². The number of aromatic amines is 1. The Labute approximate surface area is 145 Å². The number of ether oxygens (including phenoxy) is 2. The zero-order valence-corrected chi connectivity index (χ0v) is 14.2. The van der Waals surface area contributed by atoms with Crippen molar-refractivity contribution in [2.75, 3.05) is 6.79 Å². The minimum absolute atomic E-state index is 0.0399. The molecule has 6 heteroatoms. The molecule has 5 rings (SSSR count). The summed E-state index contributed by atoms with van der Waals surface area (Å²) in [6, 6.07) is 7.03. The molecule has 1 saturated heterocycles. The lowest BCUT2D eigenvalue weighted by molar-refractivity contribution is 0.173. The average Bonchev–Trinajstić information content (AvgIpc) is 3.13. The zero-order chi connectivity index (χ0) is 17.0. The SMILES string of the molecule is Cc1nc2c(c(=O)[nH]1)CC1CCC(C2)N1Cc1ccc2c(c1)OCO2. The van der Waals surface area contributed by atoms with Crippen molar-refractivity contribution < 1.29 is 9.47 Å². The molecule has 0 spiro atoms. The summed E-state index contributed by atoms with van der Waals surface area (Å²) in [5.74, 6) is 2.36. The quantitative estimate of drug-likeness (QED) is 0.906. The van der Waals surface area contributed by atoms with Crippen molar-refractivity contribution in [2.45, 2.75) is 51.2 Å². The topological polar surface area (TPSA) is 67.5 Å². The van der Waals surface area contributed by atoms with Gasteiger partial charge in [-0.1, -0.05) is 6.07 Å². The number of rotatable bonds is 2. The first kappa shape index (κ1) is 15.0. The highest BCUT2D eigenvalue weighted by Crippen LogP contribution is 2.36. The van der Waals surface area contributed by atoms with Crippen molar-refractivity contribution in [2.24, 2.45) is 0 Å². The molecule has 0 radical (unpaired) electrons. The van der Waals surface area contributed by atoms with E-state index >= 15 is 0 Å². The third-order valence-corrected chi connectivity index (χ3v) is 5.66. The van der Waals surface area contributed by atoms with E-state index in [9.17, 15) is 4.79 Å². The summed E-state index contributed by atoms with van der Waals surface area (Å²) < 4.78 is 10.9. The summed E-state index contributed by atoms with van der Waals surface area (Å²) in [5.41, 5.74) is 3.14. The molecule has 6 nitrogen and oxygen atoms in total. The highest BCUT2D eigenvalue weighted by atomic mass is 16.7. The van der Waals surface area contributed by atoms with Gasteiger partial charge in [0.05, 0.1) is 5.69 Å².